The second-order valence-corrected chi connectivity index (χ2v) is 10.0. The molecule has 0 aromatic heterocycles. The van der Waals surface area contributed by atoms with Crippen LogP contribution < -0.4 is 0 Å². The minimum absolute atomic E-state index is 0.164. The van der Waals surface area contributed by atoms with Gasteiger partial charge >= 0.3 is 5.97 Å². The number of rotatable bonds is 6. The first kappa shape index (κ1) is 23.0. The van der Waals surface area contributed by atoms with Gasteiger partial charge in [0.25, 0.3) is 0 Å². The predicted molar refractivity (Wildman–Crippen MR) is 125 cm³/mol. The summed E-state index contributed by atoms with van der Waals surface area (Å²) in [7, 11) is 0. The number of hydrogen-bond donors (Lipinski definition) is 1. The van der Waals surface area contributed by atoms with Crippen LogP contribution in [-0.4, -0.2) is 23.0 Å². The Morgan fingerprint density at radius 3 is 2.34 bits per heavy atom. The van der Waals surface area contributed by atoms with E-state index in [1.165, 1.54) is 5.56 Å². The summed E-state index contributed by atoms with van der Waals surface area (Å²) in [4.78, 5) is 13.5. The summed E-state index contributed by atoms with van der Waals surface area (Å²) >= 11 is 0. The van der Waals surface area contributed by atoms with E-state index in [2.05, 4.69) is 32.9 Å². The molecule has 0 radical (unpaired) electrons. The van der Waals surface area contributed by atoms with E-state index < -0.39 is 23.9 Å². The number of esters is 1. The smallest absolute Gasteiger partial charge is 0.317 e. The first-order chi connectivity index (χ1) is 15.4. The van der Waals surface area contributed by atoms with Crippen molar-refractivity contribution in [3.63, 3.8) is 0 Å². The number of hydrogen-bond acceptors (Lipinski definition) is 4. The highest BCUT2D eigenvalue weighted by Gasteiger charge is 2.56. The lowest BCUT2D eigenvalue weighted by molar-refractivity contribution is -0.333. The number of carbonyl (C=O) groups is 1. The van der Waals surface area contributed by atoms with Crippen molar-refractivity contribution in [2.24, 2.45) is 23.7 Å². The molecule has 2 aromatic carbocycles. The van der Waals surface area contributed by atoms with Gasteiger partial charge in [-0.3, -0.25) is 4.79 Å². The van der Waals surface area contributed by atoms with Crippen molar-refractivity contribution in [2.75, 3.05) is 0 Å². The summed E-state index contributed by atoms with van der Waals surface area (Å²) in [5.74, 6) is -1.01. The second kappa shape index (κ2) is 9.76. The van der Waals surface area contributed by atoms with E-state index in [4.69, 9.17) is 9.47 Å². The zero-order chi connectivity index (χ0) is 22.7. The molecule has 1 heterocycles. The number of ether oxygens (including phenoxy) is 2. The Morgan fingerprint density at radius 1 is 1.03 bits per heavy atom. The van der Waals surface area contributed by atoms with Crippen molar-refractivity contribution in [1.29, 1.82) is 0 Å². The normalized spacial score (nSPS) is 31.5. The zero-order valence-corrected chi connectivity index (χ0v) is 19.4. The summed E-state index contributed by atoms with van der Waals surface area (Å²) < 4.78 is 13.0. The third-order valence-corrected chi connectivity index (χ3v) is 7.31. The number of aliphatic hydroxyl groups excluding tert-OH is 1. The van der Waals surface area contributed by atoms with E-state index in [1.54, 1.807) is 0 Å². The van der Waals surface area contributed by atoms with Gasteiger partial charge in [-0.25, -0.2) is 0 Å². The maximum Gasteiger partial charge on any atom is 0.317 e. The number of benzene rings is 2. The fraction of sp³-hybridized carbons (Fsp3) is 0.536. The molecule has 1 saturated carbocycles. The molecule has 0 amide bonds. The van der Waals surface area contributed by atoms with E-state index in [0.717, 1.165) is 31.2 Å². The molecule has 2 aromatic rings. The predicted octanol–water partition coefficient (Wildman–Crippen LogP) is 5.70. The van der Waals surface area contributed by atoms with Crippen molar-refractivity contribution in [1.82, 2.24) is 0 Å². The fourth-order valence-corrected chi connectivity index (χ4v) is 5.64. The summed E-state index contributed by atoms with van der Waals surface area (Å²) in [6.07, 6.45) is 2.92. The maximum absolute atomic E-state index is 13.5. The molecule has 2 fully saturated rings. The molecule has 0 unspecified atom stereocenters. The Labute approximate surface area is 191 Å². The molecular formula is C28H36O4. The Balaban J connectivity index is 1.65. The largest absolute Gasteiger partial charge is 0.432 e. The van der Waals surface area contributed by atoms with Crippen LogP contribution >= 0.6 is 0 Å². The van der Waals surface area contributed by atoms with Crippen LogP contribution in [0.1, 0.15) is 63.7 Å². The van der Waals surface area contributed by atoms with E-state index in [1.807, 2.05) is 48.5 Å². The van der Waals surface area contributed by atoms with E-state index >= 15 is 0 Å². The van der Waals surface area contributed by atoms with Gasteiger partial charge in [-0.1, -0.05) is 81.4 Å². The molecule has 4 heteroatoms. The molecule has 1 N–H and O–H groups in total. The highest BCUT2D eigenvalue weighted by molar-refractivity contribution is 5.75. The lowest BCUT2D eigenvalue weighted by Crippen LogP contribution is -2.59. The minimum Gasteiger partial charge on any atom is -0.432 e. The number of aliphatic hydroxyl groups is 1. The van der Waals surface area contributed by atoms with Gasteiger partial charge in [0, 0.05) is 12.3 Å². The average molecular weight is 437 g/mol. The minimum atomic E-state index is -0.958. The van der Waals surface area contributed by atoms with Gasteiger partial charge in [-0.05, 0) is 48.6 Å². The molecule has 32 heavy (non-hydrogen) atoms. The van der Waals surface area contributed by atoms with Crippen LogP contribution in [0.3, 0.4) is 0 Å². The third kappa shape index (κ3) is 4.77. The molecule has 1 aliphatic carbocycles. The van der Waals surface area contributed by atoms with Crippen LogP contribution in [0.4, 0.5) is 0 Å². The average Bonchev–Trinajstić information content (AvgIpc) is 2.78. The molecule has 1 saturated heterocycles. The molecule has 0 bridgehead atoms. The first-order valence-corrected chi connectivity index (χ1v) is 12.1. The van der Waals surface area contributed by atoms with Gasteiger partial charge in [0.1, 0.15) is 5.92 Å². The summed E-state index contributed by atoms with van der Waals surface area (Å²) in [6, 6.07) is 19.6. The molecule has 172 valence electrons. The molecule has 1 aliphatic heterocycles. The zero-order valence-electron chi connectivity index (χ0n) is 19.4. The van der Waals surface area contributed by atoms with Gasteiger partial charge in [0.05, 0.1) is 12.2 Å². The van der Waals surface area contributed by atoms with Crippen LogP contribution in [-0.2, 0) is 20.7 Å². The topological polar surface area (TPSA) is 55.8 Å². The highest BCUT2D eigenvalue weighted by Crippen LogP contribution is 2.49. The fourth-order valence-electron chi connectivity index (χ4n) is 5.64. The van der Waals surface area contributed by atoms with Crippen LogP contribution in [0.2, 0.25) is 0 Å². The number of carbonyl (C=O) groups excluding carboxylic acids is 1. The van der Waals surface area contributed by atoms with Crippen LogP contribution in [0.5, 0.6) is 0 Å². The molecular weight excluding hydrogens is 400 g/mol. The third-order valence-electron chi connectivity index (χ3n) is 7.31. The monoisotopic (exact) mass is 436 g/mol. The SMILES string of the molecule is CC(C)[C@@H]1CC[C@@H](C)C[C@]12OC(=O)[C@@H]([C@@H](O)c1ccccc1)[C@H](CCc1ccccc1)O2. The van der Waals surface area contributed by atoms with Crippen molar-refractivity contribution in [3.8, 4) is 0 Å². The van der Waals surface area contributed by atoms with Gasteiger partial charge < -0.3 is 14.6 Å². The van der Waals surface area contributed by atoms with Gasteiger partial charge in [-0.15, -0.1) is 0 Å². The van der Waals surface area contributed by atoms with Gasteiger partial charge in [0.15, 0.2) is 0 Å². The molecule has 1 spiro atoms. The van der Waals surface area contributed by atoms with Crippen LogP contribution in [0.15, 0.2) is 60.7 Å². The molecule has 6 atom stereocenters. The Hall–Kier alpha value is -2.17. The van der Waals surface area contributed by atoms with Gasteiger partial charge in [0.2, 0.25) is 5.79 Å². The summed E-state index contributed by atoms with van der Waals surface area (Å²) in [5, 5.41) is 11.2. The maximum atomic E-state index is 13.5. The van der Waals surface area contributed by atoms with Crippen molar-refractivity contribution in [2.45, 2.75) is 70.9 Å². The molecule has 2 aliphatic rings. The standard InChI is InChI=1S/C28H36O4/c1-19(2)23-16-14-20(3)18-28(23)31-24(17-15-21-10-6-4-7-11-21)25(27(30)32-28)26(29)22-12-8-5-9-13-22/h4-13,19-20,23-26,29H,14-18H2,1-3H3/t20-,23+,24+,25-,26+,28+/m1/s1. The van der Waals surface area contributed by atoms with E-state index in [9.17, 15) is 9.90 Å². The quantitative estimate of drug-likeness (QED) is 0.590. The lowest BCUT2D eigenvalue weighted by Gasteiger charge is -2.52. The van der Waals surface area contributed by atoms with E-state index in [-0.39, 0.29) is 11.9 Å². The highest BCUT2D eigenvalue weighted by atomic mass is 16.7. The summed E-state index contributed by atoms with van der Waals surface area (Å²) in [6.45, 7) is 6.58. The Morgan fingerprint density at radius 2 is 1.69 bits per heavy atom. The second-order valence-electron chi connectivity index (χ2n) is 10.0. The molecule has 4 rings (SSSR count). The van der Waals surface area contributed by atoms with Gasteiger partial charge in [-0.2, -0.15) is 0 Å². The lowest BCUT2D eigenvalue weighted by atomic mass is 9.71. The Kier molecular flexibility index (Phi) is 7.02. The number of aryl methyl sites for hydroxylation is 1. The van der Waals surface area contributed by atoms with Crippen molar-refractivity contribution in [3.05, 3.63) is 71.8 Å². The van der Waals surface area contributed by atoms with E-state index in [0.29, 0.717) is 18.3 Å². The summed E-state index contributed by atoms with van der Waals surface area (Å²) in [5.41, 5.74) is 1.92. The van der Waals surface area contributed by atoms with Crippen molar-refractivity contribution < 1.29 is 19.4 Å². The molecule has 4 nitrogen and oxygen atoms in total. The van der Waals surface area contributed by atoms with Crippen LogP contribution in [0, 0.1) is 23.7 Å². The first-order valence-electron chi connectivity index (χ1n) is 12.1. The Bertz CT molecular complexity index is 881. The van der Waals surface area contributed by atoms with Crippen LogP contribution in [0.25, 0.3) is 0 Å². The van der Waals surface area contributed by atoms with Crippen molar-refractivity contribution >= 4 is 5.97 Å².